The van der Waals surface area contributed by atoms with E-state index in [1.54, 1.807) is 24.7 Å². The average Bonchev–Trinajstić information content (AvgIpc) is 3.30. The van der Waals surface area contributed by atoms with Gasteiger partial charge < -0.3 is 9.80 Å². The van der Waals surface area contributed by atoms with Crippen LogP contribution >= 0.6 is 11.6 Å². The highest BCUT2D eigenvalue weighted by atomic mass is 35.5. The Bertz CT molecular complexity index is 988. The van der Waals surface area contributed by atoms with Gasteiger partial charge in [-0.05, 0) is 24.1 Å². The molecule has 0 N–H and O–H groups in total. The number of rotatable bonds is 5. The second-order valence-corrected chi connectivity index (χ2v) is 7.23. The van der Waals surface area contributed by atoms with Crippen LogP contribution in [0.5, 0.6) is 0 Å². The molecule has 1 aliphatic heterocycles. The van der Waals surface area contributed by atoms with Gasteiger partial charge in [0.15, 0.2) is 0 Å². The van der Waals surface area contributed by atoms with Crippen molar-refractivity contribution < 1.29 is 9.18 Å². The molecule has 1 amide bonds. The lowest BCUT2D eigenvalue weighted by molar-refractivity contribution is -0.131. The molecule has 0 atom stereocenters. The Balaban J connectivity index is 1.31. The minimum Gasteiger partial charge on any atom is -0.353 e. The number of carbonyl (C=O) groups excluding carboxylic acids is 1. The molecular weight excluding hydrogens is 395 g/mol. The second kappa shape index (κ2) is 8.57. The lowest BCUT2D eigenvalue weighted by Crippen LogP contribution is -2.49. The topological polar surface area (TPSA) is 67.2 Å². The summed E-state index contributed by atoms with van der Waals surface area (Å²) in [5.74, 6) is 1.23. The number of nitrogens with zero attached hydrogens (tertiary/aromatic N) is 6. The highest BCUT2D eigenvalue weighted by Crippen LogP contribution is 2.19. The van der Waals surface area contributed by atoms with Gasteiger partial charge in [-0.15, -0.1) is 0 Å². The normalized spacial score (nSPS) is 14.3. The minimum atomic E-state index is -0.446. The van der Waals surface area contributed by atoms with Crippen LogP contribution < -0.4 is 4.90 Å². The highest BCUT2D eigenvalue weighted by molar-refractivity contribution is 6.30. The summed E-state index contributed by atoms with van der Waals surface area (Å²) in [7, 11) is 0. The number of aryl methyl sites for hydroxylation is 1. The summed E-state index contributed by atoms with van der Waals surface area (Å²) in [4.78, 5) is 29.2. The zero-order valence-electron chi connectivity index (χ0n) is 15.7. The van der Waals surface area contributed by atoms with Gasteiger partial charge in [0, 0.05) is 51.1 Å². The number of hydrogen-bond acceptors (Lipinski definition) is 5. The molecule has 1 aromatic carbocycles. The first-order valence-electron chi connectivity index (χ1n) is 9.37. The number of aromatic nitrogens is 4. The zero-order chi connectivity index (χ0) is 20.2. The Hall–Kier alpha value is -3.00. The third-order valence-corrected chi connectivity index (χ3v) is 5.26. The third-order valence-electron chi connectivity index (χ3n) is 4.98. The van der Waals surface area contributed by atoms with Crippen molar-refractivity contribution in [3.63, 3.8) is 0 Å². The van der Waals surface area contributed by atoms with E-state index in [2.05, 4.69) is 19.9 Å². The second-order valence-electron chi connectivity index (χ2n) is 6.82. The lowest BCUT2D eigenvalue weighted by Gasteiger charge is -2.35. The van der Waals surface area contributed by atoms with Crippen LogP contribution in [0.15, 0.2) is 49.3 Å². The number of benzene rings is 1. The zero-order valence-corrected chi connectivity index (χ0v) is 16.5. The van der Waals surface area contributed by atoms with E-state index >= 15 is 0 Å². The molecule has 1 saturated heterocycles. The van der Waals surface area contributed by atoms with Gasteiger partial charge in [0.05, 0.1) is 5.02 Å². The largest absolute Gasteiger partial charge is 0.353 e. The minimum absolute atomic E-state index is 0.0866. The quantitative estimate of drug-likeness (QED) is 0.642. The van der Waals surface area contributed by atoms with Crippen molar-refractivity contribution in [1.82, 2.24) is 24.4 Å². The molecule has 1 aliphatic rings. The van der Waals surface area contributed by atoms with Crippen LogP contribution in [0.4, 0.5) is 10.2 Å². The summed E-state index contributed by atoms with van der Waals surface area (Å²) < 4.78 is 15.1. The first kappa shape index (κ1) is 19.3. The van der Waals surface area contributed by atoms with Crippen molar-refractivity contribution in [2.24, 2.45) is 0 Å². The first-order valence-corrected chi connectivity index (χ1v) is 9.75. The molecule has 4 rings (SSSR count). The Morgan fingerprint density at radius 2 is 1.90 bits per heavy atom. The maximum absolute atomic E-state index is 13.2. The lowest BCUT2D eigenvalue weighted by atomic mass is 10.1. The number of carbonyl (C=O) groups is 1. The van der Waals surface area contributed by atoms with E-state index in [0.29, 0.717) is 39.0 Å². The monoisotopic (exact) mass is 414 g/mol. The molecule has 29 heavy (non-hydrogen) atoms. The van der Waals surface area contributed by atoms with Crippen LogP contribution in [0.3, 0.4) is 0 Å². The fraction of sp³-hybridized carbons (Fsp3) is 0.300. The van der Waals surface area contributed by atoms with Gasteiger partial charge in [-0.25, -0.2) is 19.3 Å². The number of halogens is 2. The van der Waals surface area contributed by atoms with E-state index in [0.717, 1.165) is 17.2 Å². The summed E-state index contributed by atoms with van der Waals surface area (Å²) in [6, 6.07) is 6.49. The standard InChI is InChI=1S/C20H20ClFN6O/c21-16-11-15(1-3-17(16)22)2-4-20(29)27-9-7-26(8-10-27)18-12-19(25-13-24-18)28-6-5-23-14-28/h1,3,5-6,11-14H,2,4,7-10H2. The Morgan fingerprint density at radius 1 is 1.10 bits per heavy atom. The van der Waals surface area contributed by atoms with Crippen LogP contribution in [0.1, 0.15) is 12.0 Å². The predicted molar refractivity (Wildman–Crippen MR) is 108 cm³/mol. The molecule has 0 bridgehead atoms. The number of piperazine rings is 1. The number of amides is 1. The van der Waals surface area contributed by atoms with E-state index in [1.165, 1.54) is 12.4 Å². The van der Waals surface area contributed by atoms with Gasteiger partial charge >= 0.3 is 0 Å². The summed E-state index contributed by atoms with van der Waals surface area (Å²) in [6.45, 7) is 2.67. The van der Waals surface area contributed by atoms with Crippen LogP contribution in [-0.4, -0.2) is 56.5 Å². The van der Waals surface area contributed by atoms with Crippen molar-refractivity contribution >= 4 is 23.3 Å². The van der Waals surface area contributed by atoms with Crippen LogP contribution in [0.25, 0.3) is 5.82 Å². The van der Waals surface area contributed by atoms with Gasteiger partial charge in [0.25, 0.3) is 0 Å². The molecule has 9 heteroatoms. The van der Waals surface area contributed by atoms with Crippen molar-refractivity contribution in [3.05, 3.63) is 65.7 Å². The molecule has 0 saturated carbocycles. The van der Waals surface area contributed by atoms with Crippen LogP contribution in [0, 0.1) is 5.82 Å². The molecule has 3 aromatic rings. The summed E-state index contributed by atoms with van der Waals surface area (Å²) in [6.07, 6.45) is 7.68. The van der Waals surface area contributed by atoms with Crippen molar-refractivity contribution in [2.75, 3.05) is 31.1 Å². The van der Waals surface area contributed by atoms with E-state index < -0.39 is 5.82 Å². The SMILES string of the molecule is O=C(CCc1ccc(F)c(Cl)c1)N1CCN(c2cc(-n3ccnc3)ncn2)CC1. The molecule has 3 heterocycles. The third kappa shape index (κ3) is 4.54. The fourth-order valence-electron chi connectivity index (χ4n) is 3.34. The van der Waals surface area contributed by atoms with Crippen molar-refractivity contribution in [1.29, 1.82) is 0 Å². The average molecular weight is 415 g/mol. The highest BCUT2D eigenvalue weighted by Gasteiger charge is 2.22. The molecule has 1 fully saturated rings. The molecule has 0 radical (unpaired) electrons. The number of hydrogen-bond donors (Lipinski definition) is 0. The van der Waals surface area contributed by atoms with Gasteiger partial charge in [-0.3, -0.25) is 9.36 Å². The van der Waals surface area contributed by atoms with Crippen molar-refractivity contribution in [3.8, 4) is 5.82 Å². The molecule has 0 aliphatic carbocycles. The van der Waals surface area contributed by atoms with Gasteiger partial charge in [0.2, 0.25) is 5.91 Å². The number of anilines is 1. The van der Waals surface area contributed by atoms with E-state index in [9.17, 15) is 9.18 Å². The summed E-state index contributed by atoms with van der Waals surface area (Å²) >= 11 is 5.80. The molecular formula is C20H20ClFN6O. The number of imidazole rings is 1. The first-order chi connectivity index (χ1) is 14.1. The summed E-state index contributed by atoms with van der Waals surface area (Å²) in [5.41, 5.74) is 0.858. The van der Waals surface area contributed by atoms with Gasteiger partial charge in [-0.2, -0.15) is 0 Å². The van der Waals surface area contributed by atoms with E-state index in [-0.39, 0.29) is 10.9 Å². The van der Waals surface area contributed by atoms with Crippen molar-refractivity contribution in [2.45, 2.75) is 12.8 Å². The smallest absolute Gasteiger partial charge is 0.223 e. The Kier molecular flexibility index (Phi) is 5.71. The van der Waals surface area contributed by atoms with Gasteiger partial charge in [0.1, 0.15) is 30.1 Å². The predicted octanol–water partition coefficient (Wildman–Crippen LogP) is 2.74. The molecule has 0 unspecified atom stereocenters. The summed E-state index contributed by atoms with van der Waals surface area (Å²) in [5, 5.41) is 0.0866. The molecule has 7 nitrogen and oxygen atoms in total. The molecule has 2 aromatic heterocycles. The van der Waals surface area contributed by atoms with E-state index in [1.807, 2.05) is 21.7 Å². The van der Waals surface area contributed by atoms with E-state index in [4.69, 9.17) is 11.6 Å². The molecule has 150 valence electrons. The molecule has 0 spiro atoms. The Morgan fingerprint density at radius 3 is 2.62 bits per heavy atom. The fourth-order valence-corrected chi connectivity index (χ4v) is 3.54. The Labute approximate surface area is 172 Å². The van der Waals surface area contributed by atoms with Crippen LogP contribution in [-0.2, 0) is 11.2 Å². The van der Waals surface area contributed by atoms with Crippen LogP contribution in [0.2, 0.25) is 5.02 Å². The van der Waals surface area contributed by atoms with Gasteiger partial charge in [-0.1, -0.05) is 17.7 Å². The maximum Gasteiger partial charge on any atom is 0.223 e. The maximum atomic E-state index is 13.2.